The van der Waals surface area contributed by atoms with E-state index in [2.05, 4.69) is 10.3 Å². The molecule has 1 aromatic rings. The van der Waals surface area contributed by atoms with Crippen LogP contribution >= 0.6 is 0 Å². The lowest BCUT2D eigenvalue weighted by atomic mass is 10.00. The van der Waals surface area contributed by atoms with Crippen LogP contribution in [-0.2, 0) is 5.92 Å². The van der Waals surface area contributed by atoms with Crippen LogP contribution in [0, 0.1) is 5.82 Å². The van der Waals surface area contributed by atoms with Gasteiger partial charge in [0.2, 0.25) is 0 Å². The van der Waals surface area contributed by atoms with Crippen molar-refractivity contribution in [1.82, 2.24) is 5.01 Å². The molecule has 0 spiro atoms. The molecule has 0 bridgehead atoms. The van der Waals surface area contributed by atoms with Crippen molar-refractivity contribution in [2.75, 3.05) is 0 Å². The second kappa shape index (κ2) is 7.36. The van der Waals surface area contributed by atoms with Crippen LogP contribution in [0.25, 0.3) is 0 Å². The Morgan fingerprint density at radius 1 is 0.885 bits per heavy atom. The average Bonchev–Trinajstić information content (AvgIpc) is 2.46. The Balaban J connectivity index is 3.48. The van der Waals surface area contributed by atoms with Crippen LogP contribution in [0.15, 0.2) is 28.5 Å². The van der Waals surface area contributed by atoms with Crippen molar-refractivity contribution in [3.63, 3.8) is 0 Å². The molecule has 0 amide bonds. The highest BCUT2D eigenvalue weighted by molar-refractivity contribution is 5.49. The molecule has 0 N–H and O–H groups in total. The van der Waals surface area contributed by atoms with Crippen molar-refractivity contribution in [3.8, 4) is 0 Å². The Labute approximate surface area is 144 Å². The average molecular weight is 391 g/mol. The summed E-state index contributed by atoms with van der Waals surface area (Å²) in [5.41, 5.74) is -2.90. The third kappa shape index (κ3) is 4.24. The molecule has 3 nitrogen and oxygen atoms in total. The fraction of sp³-hybridized carbons (Fsp3) is 0.600. The molecule has 0 aliphatic heterocycles. The first kappa shape index (κ1) is 22.1. The highest BCUT2D eigenvalue weighted by atomic mass is 19.4. The Kier molecular flexibility index (Phi) is 6.25. The summed E-state index contributed by atoms with van der Waals surface area (Å²) in [5, 5.41) is 8.29. The van der Waals surface area contributed by atoms with E-state index in [1.807, 2.05) is 0 Å². The molecule has 1 aromatic carbocycles. The summed E-state index contributed by atoms with van der Waals surface area (Å²) >= 11 is 0. The summed E-state index contributed by atoms with van der Waals surface area (Å²) < 4.78 is 105. The molecule has 0 saturated heterocycles. The van der Waals surface area contributed by atoms with Gasteiger partial charge in [-0.25, -0.2) is 4.39 Å². The fourth-order valence-corrected chi connectivity index (χ4v) is 2.10. The SMILES string of the molecule is CC(C)N(N=Nc1ccc(F)cc1C(F)(F)C(F)(F)C(F)(F)F)C(C)C. The summed E-state index contributed by atoms with van der Waals surface area (Å²) in [6, 6.07) is 0.533. The van der Waals surface area contributed by atoms with Gasteiger partial charge in [-0.15, -0.1) is 5.11 Å². The summed E-state index contributed by atoms with van der Waals surface area (Å²) in [6.45, 7) is 6.71. The molecular formula is C15H17F8N3. The van der Waals surface area contributed by atoms with Gasteiger partial charge < -0.3 is 0 Å². The number of benzene rings is 1. The Hall–Kier alpha value is -1.94. The van der Waals surface area contributed by atoms with Crippen molar-refractivity contribution < 1.29 is 35.1 Å². The molecule has 0 fully saturated rings. The smallest absolute Gasteiger partial charge is 0.273 e. The summed E-state index contributed by atoms with van der Waals surface area (Å²) in [4.78, 5) is 0. The summed E-state index contributed by atoms with van der Waals surface area (Å²) in [6.07, 6.45) is -6.54. The highest BCUT2D eigenvalue weighted by Gasteiger charge is 2.74. The van der Waals surface area contributed by atoms with Crippen LogP contribution in [0.3, 0.4) is 0 Å². The third-order valence-electron chi connectivity index (χ3n) is 3.36. The normalized spacial score (nSPS) is 13.9. The van der Waals surface area contributed by atoms with Crippen molar-refractivity contribution in [1.29, 1.82) is 0 Å². The lowest BCUT2D eigenvalue weighted by molar-refractivity contribution is -0.359. The molecule has 0 aromatic heterocycles. The molecule has 0 aliphatic carbocycles. The van der Waals surface area contributed by atoms with E-state index in [0.717, 1.165) is 0 Å². The zero-order valence-corrected chi connectivity index (χ0v) is 14.3. The number of halogens is 8. The van der Waals surface area contributed by atoms with Crippen LogP contribution in [-0.4, -0.2) is 29.2 Å². The first-order valence-corrected chi connectivity index (χ1v) is 7.45. The van der Waals surface area contributed by atoms with Gasteiger partial charge in [0.1, 0.15) is 5.82 Å². The summed E-state index contributed by atoms with van der Waals surface area (Å²) in [5.74, 6) is -13.6. The van der Waals surface area contributed by atoms with E-state index >= 15 is 0 Å². The third-order valence-corrected chi connectivity index (χ3v) is 3.36. The zero-order valence-electron chi connectivity index (χ0n) is 14.3. The molecule has 148 valence electrons. The topological polar surface area (TPSA) is 28.0 Å². The number of rotatable bonds is 6. The van der Waals surface area contributed by atoms with Gasteiger partial charge >= 0.3 is 18.0 Å². The molecule has 11 heteroatoms. The number of nitrogens with zero attached hydrogens (tertiary/aromatic N) is 3. The van der Waals surface area contributed by atoms with Gasteiger partial charge in [0.15, 0.2) is 0 Å². The van der Waals surface area contributed by atoms with Gasteiger partial charge in [0.25, 0.3) is 0 Å². The zero-order chi connectivity index (χ0) is 20.5. The second-order valence-corrected chi connectivity index (χ2v) is 6.06. The number of hydrogen-bond acceptors (Lipinski definition) is 2. The van der Waals surface area contributed by atoms with Crippen molar-refractivity contribution in [3.05, 3.63) is 29.6 Å². The molecule has 0 unspecified atom stereocenters. The van der Waals surface area contributed by atoms with Gasteiger partial charge in [-0.2, -0.15) is 30.7 Å². The van der Waals surface area contributed by atoms with Gasteiger partial charge in [-0.1, -0.05) is 5.22 Å². The first-order chi connectivity index (χ1) is 11.6. The Morgan fingerprint density at radius 2 is 1.38 bits per heavy atom. The first-order valence-electron chi connectivity index (χ1n) is 7.45. The molecular weight excluding hydrogens is 374 g/mol. The lowest BCUT2D eigenvalue weighted by Gasteiger charge is -2.29. The minimum Gasteiger partial charge on any atom is -0.273 e. The molecule has 0 atom stereocenters. The van der Waals surface area contributed by atoms with Crippen LogP contribution in [0.1, 0.15) is 33.3 Å². The molecule has 0 saturated carbocycles. The monoisotopic (exact) mass is 391 g/mol. The van der Waals surface area contributed by atoms with Gasteiger partial charge in [0, 0.05) is 12.1 Å². The second-order valence-electron chi connectivity index (χ2n) is 6.06. The maximum absolute atomic E-state index is 14.0. The maximum atomic E-state index is 14.0. The number of hydrogen-bond donors (Lipinski definition) is 0. The predicted octanol–water partition coefficient (Wildman–Crippen LogP) is 6.23. The number of alkyl halides is 7. The Bertz CT molecular complexity index is 645. The van der Waals surface area contributed by atoms with Gasteiger partial charge in [-0.3, -0.25) is 5.01 Å². The van der Waals surface area contributed by atoms with Crippen molar-refractivity contribution in [2.45, 2.75) is 57.8 Å². The van der Waals surface area contributed by atoms with E-state index in [9.17, 15) is 35.1 Å². The van der Waals surface area contributed by atoms with Gasteiger partial charge in [0.05, 0.1) is 11.3 Å². The maximum Gasteiger partial charge on any atom is 0.460 e. The van der Waals surface area contributed by atoms with Gasteiger partial charge in [-0.05, 0) is 45.9 Å². The molecule has 0 radical (unpaired) electrons. The van der Waals surface area contributed by atoms with E-state index in [1.54, 1.807) is 27.7 Å². The van der Waals surface area contributed by atoms with Crippen LogP contribution in [0.2, 0.25) is 0 Å². The molecule has 0 heterocycles. The standard InChI is InChI=1S/C15H17F8N3/c1-8(2)26(9(3)4)25-24-12-6-5-10(16)7-11(12)13(17,18)14(19,20)15(21,22)23/h5-9H,1-4H3. The largest absolute Gasteiger partial charge is 0.460 e. The van der Waals surface area contributed by atoms with E-state index in [-0.39, 0.29) is 18.2 Å². The minimum atomic E-state index is -6.54. The quantitative estimate of drug-likeness (QED) is 0.321. The van der Waals surface area contributed by atoms with E-state index in [1.165, 1.54) is 5.01 Å². The summed E-state index contributed by atoms with van der Waals surface area (Å²) in [7, 11) is 0. The van der Waals surface area contributed by atoms with E-state index < -0.39 is 35.1 Å². The van der Waals surface area contributed by atoms with E-state index in [4.69, 9.17) is 0 Å². The molecule has 0 aliphatic rings. The van der Waals surface area contributed by atoms with Crippen LogP contribution in [0.5, 0.6) is 0 Å². The molecule has 1 rings (SSSR count). The highest BCUT2D eigenvalue weighted by Crippen LogP contribution is 2.53. The predicted molar refractivity (Wildman–Crippen MR) is 77.9 cm³/mol. The van der Waals surface area contributed by atoms with E-state index in [0.29, 0.717) is 12.1 Å². The lowest BCUT2D eigenvalue weighted by Crippen LogP contribution is -2.50. The van der Waals surface area contributed by atoms with Crippen molar-refractivity contribution in [2.24, 2.45) is 10.3 Å². The molecule has 26 heavy (non-hydrogen) atoms. The minimum absolute atomic E-state index is 0.108. The van der Waals surface area contributed by atoms with Crippen LogP contribution in [0.4, 0.5) is 40.8 Å². The fourth-order valence-electron chi connectivity index (χ4n) is 2.10. The van der Waals surface area contributed by atoms with Crippen LogP contribution < -0.4 is 0 Å². The van der Waals surface area contributed by atoms with Crippen molar-refractivity contribution >= 4 is 5.69 Å². The Morgan fingerprint density at radius 3 is 1.81 bits per heavy atom.